The standard InChI is InChI=1S/C19H38N2O4Si/c1-15(2)21(17(22)23)16(10-11-19(3,4)5)14-20(6)18(24)25-12-13-26(7,8)9/h16H,1,10-14H2,2-9H3,(H,22,23). The average Bonchev–Trinajstić information content (AvgIpc) is 2.41. The van der Waals surface area contributed by atoms with Crippen LogP contribution < -0.4 is 0 Å². The van der Waals surface area contributed by atoms with E-state index < -0.39 is 20.3 Å². The summed E-state index contributed by atoms with van der Waals surface area (Å²) in [6.07, 6.45) is 0.0376. The van der Waals surface area contributed by atoms with Crippen LogP contribution in [-0.2, 0) is 4.74 Å². The number of hydrogen-bond acceptors (Lipinski definition) is 3. The third kappa shape index (κ3) is 10.5. The van der Waals surface area contributed by atoms with E-state index in [1.54, 1.807) is 14.0 Å². The number of likely N-dealkylation sites (N-methyl/N-ethyl adjacent to an activating group) is 1. The second-order valence-electron chi connectivity index (χ2n) is 9.45. The Morgan fingerprint density at radius 1 is 1.23 bits per heavy atom. The predicted octanol–water partition coefficient (Wildman–Crippen LogP) is 5.10. The Balaban J connectivity index is 5.00. The van der Waals surface area contributed by atoms with Crippen molar-refractivity contribution in [2.24, 2.45) is 5.41 Å². The zero-order valence-corrected chi connectivity index (χ0v) is 18.9. The van der Waals surface area contributed by atoms with Gasteiger partial charge in [-0.1, -0.05) is 47.0 Å². The molecule has 0 radical (unpaired) electrons. The van der Waals surface area contributed by atoms with Crippen LogP contribution in [0.1, 0.15) is 40.5 Å². The summed E-state index contributed by atoms with van der Waals surface area (Å²) in [4.78, 5) is 26.7. The quantitative estimate of drug-likeness (QED) is 0.560. The summed E-state index contributed by atoms with van der Waals surface area (Å²) in [5, 5.41) is 9.56. The first-order valence-corrected chi connectivity index (χ1v) is 12.9. The molecule has 0 heterocycles. The number of rotatable bonds is 9. The molecule has 0 aliphatic rings. The zero-order valence-electron chi connectivity index (χ0n) is 17.9. The summed E-state index contributed by atoms with van der Waals surface area (Å²) in [6, 6.07) is 0.561. The number of allylic oxidation sites excluding steroid dienone is 1. The van der Waals surface area contributed by atoms with Crippen LogP contribution in [0.4, 0.5) is 9.59 Å². The van der Waals surface area contributed by atoms with Crippen LogP contribution >= 0.6 is 0 Å². The number of carbonyl (C=O) groups excluding carboxylic acids is 1. The van der Waals surface area contributed by atoms with Crippen molar-refractivity contribution in [3.05, 3.63) is 12.3 Å². The summed E-state index contributed by atoms with van der Waals surface area (Å²) in [6.45, 7) is 19.2. The van der Waals surface area contributed by atoms with Crippen molar-refractivity contribution in [2.45, 2.75) is 72.3 Å². The Morgan fingerprint density at radius 2 is 1.77 bits per heavy atom. The van der Waals surface area contributed by atoms with Gasteiger partial charge in [-0.05, 0) is 31.2 Å². The minimum Gasteiger partial charge on any atom is -0.465 e. The van der Waals surface area contributed by atoms with Gasteiger partial charge < -0.3 is 14.7 Å². The Kier molecular flexibility index (Phi) is 9.42. The summed E-state index contributed by atoms with van der Waals surface area (Å²) in [5.74, 6) is 0. The maximum absolute atomic E-state index is 12.3. The molecule has 0 bridgehead atoms. The molecule has 1 unspecified atom stereocenters. The highest BCUT2D eigenvalue weighted by Gasteiger charge is 2.28. The number of carbonyl (C=O) groups is 2. The molecular weight excluding hydrogens is 348 g/mol. The largest absolute Gasteiger partial charge is 0.465 e. The SMILES string of the molecule is C=C(C)N(C(=O)O)C(CCC(C)(C)C)CN(C)C(=O)OCC[Si](C)(C)C. The van der Waals surface area contributed by atoms with Crippen LogP contribution in [0.2, 0.25) is 25.7 Å². The molecule has 0 aliphatic carbocycles. The molecule has 1 atom stereocenters. The highest BCUT2D eigenvalue weighted by Crippen LogP contribution is 2.25. The van der Waals surface area contributed by atoms with E-state index in [0.29, 0.717) is 18.7 Å². The summed E-state index contributed by atoms with van der Waals surface area (Å²) in [5.41, 5.74) is 0.533. The van der Waals surface area contributed by atoms with Crippen molar-refractivity contribution in [3.63, 3.8) is 0 Å². The van der Waals surface area contributed by atoms with Gasteiger partial charge in [0.25, 0.3) is 0 Å². The molecule has 1 N–H and O–H groups in total. The van der Waals surface area contributed by atoms with E-state index in [-0.39, 0.29) is 18.0 Å². The zero-order chi connectivity index (χ0) is 20.7. The number of hydrogen-bond donors (Lipinski definition) is 1. The topological polar surface area (TPSA) is 70.1 Å². The van der Waals surface area contributed by atoms with Gasteiger partial charge in [-0.3, -0.25) is 4.90 Å². The molecule has 0 spiro atoms. The molecule has 0 aromatic heterocycles. The lowest BCUT2D eigenvalue weighted by Gasteiger charge is -2.34. The summed E-state index contributed by atoms with van der Waals surface area (Å²) in [7, 11) is 0.387. The monoisotopic (exact) mass is 386 g/mol. The fourth-order valence-corrected chi connectivity index (χ4v) is 3.19. The lowest BCUT2D eigenvalue weighted by molar-refractivity contribution is 0.0940. The Morgan fingerprint density at radius 3 is 2.15 bits per heavy atom. The lowest BCUT2D eigenvalue weighted by atomic mass is 9.88. The van der Waals surface area contributed by atoms with Gasteiger partial charge in [0, 0.05) is 27.4 Å². The van der Waals surface area contributed by atoms with Crippen molar-refractivity contribution < 1.29 is 19.4 Å². The van der Waals surface area contributed by atoms with Crippen molar-refractivity contribution in [1.29, 1.82) is 0 Å². The number of amides is 2. The first-order valence-electron chi connectivity index (χ1n) is 9.19. The molecule has 0 rings (SSSR count). The molecule has 7 heteroatoms. The van der Waals surface area contributed by atoms with Gasteiger partial charge in [-0.25, -0.2) is 9.59 Å². The van der Waals surface area contributed by atoms with Gasteiger partial charge in [-0.15, -0.1) is 0 Å². The van der Waals surface area contributed by atoms with Crippen LogP contribution in [0.3, 0.4) is 0 Å². The van der Waals surface area contributed by atoms with Crippen LogP contribution in [0.5, 0.6) is 0 Å². The average molecular weight is 387 g/mol. The molecule has 6 nitrogen and oxygen atoms in total. The van der Waals surface area contributed by atoms with Crippen LogP contribution in [0.15, 0.2) is 12.3 Å². The van der Waals surface area contributed by atoms with E-state index in [1.165, 1.54) is 9.80 Å². The molecule has 152 valence electrons. The maximum atomic E-state index is 12.3. The van der Waals surface area contributed by atoms with Crippen molar-refractivity contribution in [2.75, 3.05) is 20.2 Å². The number of carboxylic acid groups (broad SMARTS) is 1. The fourth-order valence-electron chi connectivity index (χ4n) is 2.48. The number of nitrogens with zero attached hydrogens (tertiary/aromatic N) is 2. The summed E-state index contributed by atoms with van der Waals surface area (Å²) < 4.78 is 5.36. The van der Waals surface area contributed by atoms with E-state index in [0.717, 1.165) is 12.5 Å². The van der Waals surface area contributed by atoms with Gasteiger partial charge >= 0.3 is 12.2 Å². The minimum atomic E-state index is -1.27. The first kappa shape index (κ1) is 24.5. The fraction of sp³-hybridized carbons (Fsp3) is 0.789. The molecule has 0 saturated carbocycles. The lowest BCUT2D eigenvalue weighted by Crippen LogP contribution is -2.46. The Labute approximate surface area is 160 Å². The smallest absolute Gasteiger partial charge is 0.411 e. The molecule has 0 aliphatic heterocycles. The van der Waals surface area contributed by atoms with E-state index in [1.807, 2.05) is 0 Å². The van der Waals surface area contributed by atoms with E-state index in [9.17, 15) is 14.7 Å². The third-order valence-corrected chi connectivity index (χ3v) is 5.79. The summed E-state index contributed by atoms with van der Waals surface area (Å²) >= 11 is 0. The Bertz CT molecular complexity index is 481. The van der Waals surface area contributed by atoms with Gasteiger partial charge in [0.2, 0.25) is 0 Å². The molecular formula is C19H38N2O4Si. The van der Waals surface area contributed by atoms with E-state index >= 15 is 0 Å². The highest BCUT2D eigenvalue weighted by molar-refractivity contribution is 6.76. The molecule has 0 aromatic carbocycles. The van der Waals surface area contributed by atoms with Crippen LogP contribution in [-0.4, -0.2) is 61.4 Å². The van der Waals surface area contributed by atoms with Crippen molar-refractivity contribution in [1.82, 2.24) is 9.80 Å². The number of ether oxygens (including phenoxy) is 1. The minimum absolute atomic E-state index is 0.0773. The second kappa shape index (κ2) is 9.99. The molecule has 0 aromatic rings. The first-order chi connectivity index (χ1) is 11.6. The Hall–Kier alpha value is -1.50. The molecule has 2 amide bonds. The van der Waals surface area contributed by atoms with Crippen molar-refractivity contribution in [3.8, 4) is 0 Å². The molecule has 26 heavy (non-hydrogen) atoms. The van der Waals surface area contributed by atoms with Gasteiger partial charge in [-0.2, -0.15) is 0 Å². The van der Waals surface area contributed by atoms with Crippen molar-refractivity contribution >= 4 is 20.3 Å². The van der Waals surface area contributed by atoms with Crippen LogP contribution in [0.25, 0.3) is 0 Å². The van der Waals surface area contributed by atoms with Crippen LogP contribution in [0, 0.1) is 5.41 Å². The van der Waals surface area contributed by atoms with Gasteiger partial charge in [0.15, 0.2) is 0 Å². The third-order valence-electron chi connectivity index (χ3n) is 4.08. The van der Waals surface area contributed by atoms with Gasteiger partial charge in [0.05, 0.1) is 12.6 Å². The maximum Gasteiger partial charge on any atom is 0.411 e. The molecule has 0 fully saturated rings. The molecule has 0 saturated heterocycles. The normalized spacial score (nSPS) is 13.1. The van der Waals surface area contributed by atoms with E-state index in [4.69, 9.17) is 4.74 Å². The second-order valence-corrected chi connectivity index (χ2v) is 15.1. The van der Waals surface area contributed by atoms with E-state index in [2.05, 4.69) is 47.0 Å². The predicted molar refractivity (Wildman–Crippen MR) is 109 cm³/mol. The van der Waals surface area contributed by atoms with Gasteiger partial charge in [0.1, 0.15) is 0 Å². The highest BCUT2D eigenvalue weighted by atomic mass is 28.3.